The van der Waals surface area contributed by atoms with Crippen molar-refractivity contribution >= 4 is 22.2 Å². The molecular formula is C23H27N3O3S. The zero-order chi connectivity index (χ0) is 20.8. The van der Waals surface area contributed by atoms with Gasteiger partial charge < -0.3 is 14.8 Å². The number of aromatic nitrogens is 2. The van der Waals surface area contributed by atoms with Crippen LogP contribution in [0.4, 0.5) is 0 Å². The maximum absolute atomic E-state index is 13.2. The van der Waals surface area contributed by atoms with Crippen LogP contribution in [0.5, 0.6) is 0 Å². The molecule has 1 saturated heterocycles. The largest absolute Gasteiger partial charge is 0.350 e. The van der Waals surface area contributed by atoms with Crippen molar-refractivity contribution in [2.75, 3.05) is 19.8 Å². The summed E-state index contributed by atoms with van der Waals surface area (Å²) in [7, 11) is 0. The highest BCUT2D eigenvalue weighted by Crippen LogP contribution is 2.46. The highest BCUT2D eigenvalue weighted by Gasteiger charge is 2.47. The van der Waals surface area contributed by atoms with Crippen molar-refractivity contribution in [3.63, 3.8) is 0 Å². The highest BCUT2D eigenvalue weighted by molar-refractivity contribution is 7.15. The number of thiazole rings is 1. The number of fused-ring (bicyclic) bond motifs is 1. The average Bonchev–Trinajstić information content (AvgIpc) is 3.44. The average molecular weight is 426 g/mol. The molecule has 3 aromatic rings. The zero-order valence-corrected chi connectivity index (χ0v) is 18.3. The molecule has 158 valence electrons. The standard InChI is InChI=1S/C23H27N3O3S/c1-16-4-3-5-18(14-16)22(6-8-23(9-7-22)28-11-12-29-23)15-24-20(27)19-17(2)25-21-26(19)10-13-30-21/h3-5,10,13-14H,6-9,11-12,15H2,1-2H3,(H,24,27). The Labute approximate surface area is 180 Å². The minimum absolute atomic E-state index is 0.0703. The van der Waals surface area contributed by atoms with Crippen molar-refractivity contribution in [3.8, 4) is 0 Å². The predicted octanol–water partition coefficient (Wildman–Crippen LogP) is 4.00. The number of hydrogen-bond donors (Lipinski definition) is 1. The number of imidazole rings is 1. The molecule has 1 N–H and O–H groups in total. The Balaban J connectivity index is 1.40. The molecule has 0 bridgehead atoms. The van der Waals surface area contributed by atoms with Gasteiger partial charge in [0.2, 0.25) is 0 Å². The fourth-order valence-electron chi connectivity index (χ4n) is 4.94. The summed E-state index contributed by atoms with van der Waals surface area (Å²) in [4.78, 5) is 18.5. The molecule has 2 aromatic heterocycles. The van der Waals surface area contributed by atoms with Gasteiger partial charge in [-0.3, -0.25) is 9.20 Å². The van der Waals surface area contributed by atoms with Crippen LogP contribution in [0.2, 0.25) is 0 Å². The van der Waals surface area contributed by atoms with Crippen LogP contribution >= 0.6 is 11.3 Å². The molecule has 2 aliphatic rings. The third-order valence-electron chi connectivity index (χ3n) is 6.65. The maximum atomic E-state index is 13.2. The van der Waals surface area contributed by atoms with Crippen LogP contribution in [-0.4, -0.2) is 40.8 Å². The maximum Gasteiger partial charge on any atom is 0.270 e. The van der Waals surface area contributed by atoms with Gasteiger partial charge in [0, 0.05) is 36.4 Å². The molecule has 0 atom stereocenters. The van der Waals surface area contributed by atoms with E-state index in [0.29, 0.717) is 25.5 Å². The van der Waals surface area contributed by atoms with Crippen LogP contribution in [0.1, 0.15) is 53.0 Å². The van der Waals surface area contributed by atoms with Gasteiger partial charge in [-0.25, -0.2) is 4.98 Å². The number of amides is 1. The van der Waals surface area contributed by atoms with Crippen molar-refractivity contribution in [2.24, 2.45) is 0 Å². The molecule has 1 spiro atoms. The molecule has 1 amide bonds. The number of hydrogen-bond acceptors (Lipinski definition) is 5. The lowest BCUT2D eigenvalue weighted by atomic mass is 9.67. The molecule has 0 unspecified atom stereocenters. The van der Waals surface area contributed by atoms with E-state index in [1.54, 1.807) is 0 Å². The first kappa shape index (κ1) is 19.7. The summed E-state index contributed by atoms with van der Waals surface area (Å²) < 4.78 is 13.8. The molecule has 2 fully saturated rings. The molecule has 6 nitrogen and oxygen atoms in total. The van der Waals surface area contributed by atoms with Gasteiger partial charge in [-0.1, -0.05) is 29.8 Å². The number of aryl methyl sites for hydroxylation is 2. The molecule has 1 aliphatic carbocycles. The third kappa shape index (κ3) is 3.35. The van der Waals surface area contributed by atoms with Gasteiger partial charge in [-0.05, 0) is 32.3 Å². The van der Waals surface area contributed by atoms with E-state index in [2.05, 4.69) is 41.5 Å². The number of benzene rings is 1. The van der Waals surface area contributed by atoms with E-state index >= 15 is 0 Å². The van der Waals surface area contributed by atoms with Crippen molar-refractivity contribution < 1.29 is 14.3 Å². The van der Waals surface area contributed by atoms with Gasteiger partial charge in [-0.2, -0.15) is 0 Å². The predicted molar refractivity (Wildman–Crippen MR) is 116 cm³/mol. The minimum Gasteiger partial charge on any atom is -0.350 e. The zero-order valence-electron chi connectivity index (χ0n) is 17.4. The topological polar surface area (TPSA) is 64.9 Å². The van der Waals surface area contributed by atoms with Crippen LogP contribution in [0, 0.1) is 13.8 Å². The quantitative estimate of drug-likeness (QED) is 0.686. The van der Waals surface area contributed by atoms with E-state index in [1.807, 2.05) is 22.9 Å². The van der Waals surface area contributed by atoms with Gasteiger partial charge in [0.15, 0.2) is 10.7 Å². The molecule has 3 heterocycles. The van der Waals surface area contributed by atoms with Gasteiger partial charge in [0.05, 0.1) is 18.9 Å². The van der Waals surface area contributed by atoms with E-state index in [1.165, 1.54) is 22.5 Å². The van der Waals surface area contributed by atoms with Crippen molar-refractivity contribution in [2.45, 2.75) is 50.7 Å². The normalized spacial score (nSPS) is 20.1. The second-order valence-corrected chi connectivity index (χ2v) is 9.41. The second kappa shape index (κ2) is 7.48. The first-order chi connectivity index (χ1) is 14.5. The molecular weight excluding hydrogens is 398 g/mol. The highest BCUT2D eigenvalue weighted by atomic mass is 32.1. The molecule has 30 heavy (non-hydrogen) atoms. The van der Waals surface area contributed by atoms with Gasteiger partial charge in [0.25, 0.3) is 5.91 Å². The molecule has 5 rings (SSSR count). The number of carbonyl (C=O) groups excluding carboxylic acids is 1. The molecule has 7 heteroatoms. The molecule has 1 aromatic carbocycles. The molecule has 1 saturated carbocycles. The lowest BCUT2D eigenvalue weighted by Gasteiger charge is -2.44. The summed E-state index contributed by atoms with van der Waals surface area (Å²) in [5, 5.41) is 5.19. The number of nitrogens with one attached hydrogen (secondary N) is 1. The van der Waals surface area contributed by atoms with Crippen molar-refractivity contribution in [1.29, 1.82) is 0 Å². The first-order valence-electron chi connectivity index (χ1n) is 10.6. The van der Waals surface area contributed by atoms with Crippen LogP contribution in [0.15, 0.2) is 35.8 Å². The van der Waals surface area contributed by atoms with Crippen LogP contribution in [0.25, 0.3) is 4.96 Å². The first-order valence-corrected chi connectivity index (χ1v) is 11.4. The lowest BCUT2D eigenvalue weighted by molar-refractivity contribution is -0.184. The summed E-state index contributed by atoms with van der Waals surface area (Å²) in [6.07, 6.45) is 5.42. The third-order valence-corrected chi connectivity index (χ3v) is 7.41. The summed E-state index contributed by atoms with van der Waals surface area (Å²) in [5.74, 6) is -0.499. The number of ether oxygens (including phenoxy) is 2. The fraction of sp³-hybridized carbons (Fsp3) is 0.478. The summed E-state index contributed by atoms with van der Waals surface area (Å²) >= 11 is 1.54. The monoisotopic (exact) mass is 425 g/mol. The number of nitrogens with zero attached hydrogens (tertiary/aromatic N) is 2. The van der Waals surface area contributed by atoms with E-state index < -0.39 is 5.79 Å². The summed E-state index contributed by atoms with van der Waals surface area (Å²) in [6.45, 7) is 5.94. The number of rotatable bonds is 4. The summed E-state index contributed by atoms with van der Waals surface area (Å²) in [5.41, 5.74) is 3.77. The Hall–Kier alpha value is -2.22. The van der Waals surface area contributed by atoms with Crippen LogP contribution in [0.3, 0.4) is 0 Å². The molecule has 0 radical (unpaired) electrons. The summed E-state index contributed by atoms with van der Waals surface area (Å²) in [6, 6.07) is 8.67. The Morgan fingerprint density at radius 1 is 1.20 bits per heavy atom. The van der Waals surface area contributed by atoms with Gasteiger partial charge in [0.1, 0.15) is 5.69 Å². The Kier molecular flexibility index (Phi) is 4.92. The Bertz CT molecular complexity index is 1070. The van der Waals surface area contributed by atoms with Crippen molar-refractivity contribution in [3.05, 3.63) is 58.4 Å². The van der Waals surface area contributed by atoms with Gasteiger partial charge in [-0.15, -0.1) is 11.3 Å². The van der Waals surface area contributed by atoms with Crippen LogP contribution < -0.4 is 5.32 Å². The van der Waals surface area contributed by atoms with E-state index in [4.69, 9.17) is 9.47 Å². The lowest BCUT2D eigenvalue weighted by Crippen LogP contribution is -2.48. The SMILES string of the molecule is Cc1cccc(C2(CNC(=O)c3c(C)nc4sccn34)CCC3(CC2)OCCO3)c1. The van der Waals surface area contributed by atoms with E-state index in [-0.39, 0.29) is 11.3 Å². The van der Waals surface area contributed by atoms with Crippen LogP contribution in [-0.2, 0) is 14.9 Å². The van der Waals surface area contributed by atoms with E-state index in [0.717, 1.165) is 36.3 Å². The van der Waals surface area contributed by atoms with Gasteiger partial charge >= 0.3 is 0 Å². The van der Waals surface area contributed by atoms with E-state index in [9.17, 15) is 4.79 Å². The Morgan fingerprint density at radius 2 is 1.97 bits per heavy atom. The minimum atomic E-state index is -0.428. The number of carbonyl (C=O) groups is 1. The smallest absolute Gasteiger partial charge is 0.270 e. The fourth-order valence-corrected chi connectivity index (χ4v) is 5.70. The Morgan fingerprint density at radius 3 is 2.70 bits per heavy atom. The molecule has 1 aliphatic heterocycles. The second-order valence-electron chi connectivity index (χ2n) is 8.54. The van der Waals surface area contributed by atoms with Crippen molar-refractivity contribution in [1.82, 2.24) is 14.7 Å².